The van der Waals surface area contributed by atoms with Gasteiger partial charge in [0.25, 0.3) is 5.91 Å². The van der Waals surface area contributed by atoms with Gasteiger partial charge in [-0.15, -0.1) is 12.4 Å². The van der Waals surface area contributed by atoms with E-state index in [9.17, 15) is 4.79 Å². The lowest BCUT2D eigenvalue weighted by Crippen LogP contribution is -2.62. The average Bonchev–Trinajstić information content (AvgIpc) is 3.02. The van der Waals surface area contributed by atoms with Gasteiger partial charge in [-0.3, -0.25) is 4.79 Å². The van der Waals surface area contributed by atoms with Crippen molar-refractivity contribution in [2.75, 3.05) is 19.6 Å². The van der Waals surface area contributed by atoms with Crippen LogP contribution in [0, 0.1) is 12.8 Å². The van der Waals surface area contributed by atoms with E-state index in [0.29, 0.717) is 11.6 Å². The van der Waals surface area contributed by atoms with Crippen molar-refractivity contribution in [3.05, 3.63) is 41.7 Å². The third-order valence-electron chi connectivity index (χ3n) is 4.70. The van der Waals surface area contributed by atoms with Crippen molar-refractivity contribution in [3.63, 3.8) is 0 Å². The zero-order valence-corrected chi connectivity index (χ0v) is 13.8. The number of benzene rings is 1. The molecule has 122 valence electrons. The number of amides is 1. The molecule has 7 heteroatoms. The molecule has 23 heavy (non-hydrogen) atoms. The summed E-state index contributed by atoms with van der Waals surface area (Å²) in [5.74, 6) is 0.817. The topological polar surface area (TPSA) is 63.1 Å². The maximum Gasteiger partial charge on any atom is 0.256 e. The second kappa shape index (κ2) is 6.29. The molecular weight excluding hydrogens is 314 g/mol. The standard InChI is InChI=1S/C16H19N5O.ClH/c1-11-2-3-15(21-18-5-6-19-21)13(8-11)16(22)20-7-4-12-9-17-14(12)10-20;/h2-3,5-6,8,12,14,17H,4,7,9-10H2,1H3;1H. The Balaban J connectivity index is 0.00000156. The smallest absolute Gasteiger partial charge is 0.256 e. The molecule has 0 aliphatic carbocycles. The van der Waals surface area contributed by atoms with E-state index in [2.05, 4.69) is 15.5 Å². The zero-order valence-electron chi connectivity index (χ0n) is 13.0. The van der Waals surface area contributed by atoms with Crippen molar-refractivity contribution in [2.45, 2.75) is 19.4 Å². The summed E-state index contributed by atoms with van der Waals surface area (Å²) in [7, 11) is 0. The van der Waals surface area contributed by atoms with Gasteiger partial charge in [-0.25, -0.2) is 0 Å². The Bertz CT molecular complexity index is 703. The minimum atomic E-state index is 0. The highest BCUT2D eigenvalue weighted by atomic mass is 35.5. The van der Waals surface area contributed by atoms with Gasteiger partial charge in [0, 0.05) is 19.1 Å². The van der Waals surface area contributed by atoms with Crippen molar-refractivity contribution >= 4 is 18.3 Å². The molecule has 1 N–H and O–H groups in total. The first kappa shape index (κ1) is 16.0. The van der Waals surface area contributed by atoms with Gasteiger partial charge in [-0.2, -0.15) is 15.0 Å². The molecule has 2 fully saturated rings. The van der Waals surface area contributed by atoms with E-state index < -0.39 is 0 Å². The number of nitrogens with zero attached hydrogens (tertiary/aromatic N) is 4. The molecule has 1 aromatic heterocycles. The number of halogens is 1. The van der Waals surface area contributed by atoms with Crippen LogP contribution in [0.25, 0.3) is 5.69 Å². The number of carbonyl (C=O) groups excluding carboxylic acids is 1. The highest BCUT2D eigenvalue weighted by Crippen LogP contribution is 2.26. The summed E-state index contributed by atoms with van der Waals surface area (Å²) in [6.07, 6.45) is 4.33. The second-order valence-electron chi connectivity index (χ2n) is 6.15. The molecule has 0 spiro atoms. The minimum Gasteiger partial charge on any atom is -0.337 e. The monoisotopic (exact) mass is 333 g/mol. The number of likely N-dealkylation sites (tertiary alicyclic amines) is 1. The Morgan fingerprint density at radius 2 is 2.09 bits per heavy atom. The highest BCUT2D eigenvalue weighted by molar-refractivity contribution is 5.98. The third kappa shape index (κ3) is 2.84. The number of hydrogen-bond acceptors (Lipinski definition) is 4. The Labute approximate surface area is 141 Å². The van der Waals surface area contributed by atoms with E-state index in [0.717, 1.165) is 43.2 Å². The maximum absolute atomic E-state index is 13.0. The van der Waals surface area contributed by atoms with Crippen LogP contribution in [0.15, 0.2) is 30.6 Å². The summed E-state index contributed by atoms with van der Waals surface area (Å²) in [6.45, 7) is 4.72. The fourth-order valence-corrected chi connectivity index (χ4v) is 3.31. The van der Waals surface area contributed by atoms with E-state index in [4.69, 9.17) is 0 Å². The van der Waals surface area contributed by atoms with Gasteiger partial charge >= 0.3 is 0 Å². The lowest BCUT2D eigenvalue weighted by molar-refractivity contribution is 0.0518. The third-order valence-corrected chi connectivity index (χ3v) is 4.70. The molecule has 0 saturated carbocycles. The van der Waals surface area contributed by atoms with Gasteiger partial charge in [0.05, 0.1) is 23.6 Å². The van der Waals surface area contributed by atoms with Crippen LogP contribution in [0.2, 0.25) is 0 Å². The number of rotatable bonds is 2. The van der Waals surface area contributed by atoms with Crippen LogP contribution in [0.4, 0.5) is 0 Å². The summed E-state index contributed by atoms with van der Waals surface area (Å²) >= 11 is 0. The Kier molecular flexibility index (Phi) is 4.37. The molecule has 2 aliphatic heterocycles. The molecule has 2 aliphatic rings. The van der Waals surface area contributed by atoms with Gasteiger partial charge < -0.3 is 10.2 Å². The molecule has 3 heterocycles. The molecule has 0 radical (unpaired) electrons. The highest BCUT2D eigenvalue weighted by Gasteiger charge is 2.37. The maximum atomic E-state index is 13.0. The fourth-order valence-electron chi connectivity index (χ4n) is 3.31. The Hall–Kier alpha value is -1.92. The van der Waals surface area contributed by atoms with Gasteiger partial charge in [0.15, 0.2) is 0 Å². The van der Waals surface area contributed by atoms with Crippen LogP contribution >= 0.6 is 12.4 Å². The van der Waals surface area contributed by atoms with Crippen molar-refractivity contribution in [3.8, 4) is 5.69 Å². The first-order chi connectivity index (χ1) is 10.7. The second-order valence-corrected chi connectivity index (χ2v) is 6.15. The molecule has 1 aromatic carbocycles. The Morgan fingerprint density at radius 3 is 2.74 bits per heavy atom. The van der Waals surface area contributed by atoms with Crippen LogP contribution in [0.3, 0.4) is 0 Å². The van der Waals surface area contributed by atoms with Crippen LogP contribution in [-0.4, -0.2) is 51.5 Å². The zero-order chi connectivity index (χ0) is 15.1. The number of aromatic nitrogens is 3. The fraction of sp³-hybridized carbons (Fsp3) is 0.438. The Morgan fingerprint density at radius 1 is 1.30 bits per heavy atom. The van der Waals surface area contributed by atoms with Crippen LogP contribution in [0.5, 0.6) is 0 Å². The summed E-state index contributed by atoms with van der Waals surface area (Å²) in [5.41, 5.74) is 2.48. The quantitative estimate of drug-likeness (QED) is 0.903. The largest absolute Gasteiger partial charge is 0.337 e. The summed E-state index contributed by atoms with van der Waals surface area (Å²) in [6, 6.07) is 6.29. The predicted molar refractivity (Wildman–Crippen MR) is 89.1 cm³/mol. The molecular formula is C16H20ClN5O. The van der Waals surface area contributed by atoms with Gasteiger partial charge in [0.2, 0.25) is 0 Å². The lowest BCUT2D eigenvalue weighted by atomic mass is 9.85. The summed E-state index contributed by atoms with van der Waals surface area (Å²) in [5, 5.41) is 11.7. The van der Waals surface area contributed by atoms with E-state index >= 15 is 0 Å². The van der Waals surface area contributed by atoms with Crippen molar-refractivity contribution in [1.29, 1.82) is 0 Å². The lowest BCUT2D eigenvalue weighted by Gasteiger charge is -2.46. The SMILES string of the molecule is Cc1ccc(-n2nccn2)c(C(=O)N2CCC3CNC3C2)c1.Cl. The average molecular weight is 334 g/mol. The first-order valence-corrected chi connectivity index (χ1v) is 7.72. The predicted octanol–water partition coefficient (Wildman–Crippen LogP) is 1.43. The van der Waals surface area contributed by atoms with Crippen molar-refractivity contribution in [1.82, 2.24) is 25.2 Å². The normalized spacial score (nSPS) is 22.7. The molecule has 0 bridgehead atoms. The van der Waals surface area contributed by atoms with Crippen LogP contribution < -0.4 is 5.32 Å². The minimum absolute atomic E-state index is 0. The molecule has 6 nitrogen and oxygen atoms in total. The molecule has 2 aromatic rings. The molecule has 1 amide bonds. The summed E-state index contributed by atoms with van der Waals surface area (Å²) < 4.78 is 0. The van der Waals surface area contributed by atoms with Crippen molar-refractivity contribution in [2.24, 2.45) is 5.92 Å². The van der Waals surface area contributed by atoms with Gasteiger partial charge in [-0.05, 0) is 37.9 Å². The first-order valence-electron chi connectivity index (χ1n) is 7.72. The number of nitrogens with one attached hydrogen (secondary N) is 1. The van der Waals surface area contributed by atoms with E-state index in [1.54, 1.807) is 12.4 Å². The van der Waals surface area contributed by atoms with Crippen LogP contribution in [-0.2, 0) is 0 Å². The number of piperidine rings is 1. The number of carbonyl (C=O) groups is 1. The number of fused-ring (bicyclic) bond motifs is 1. The van der Waals surface area contributed by atoms with E-state index in [1.165, 1.54) is 4.80 Å². The summed E-state index contributed by atoms with van der Waals surface area (Å²) in [4.78, 5) is 16.4. The van der Waals surface area contributed by atoms with E-state index in [1.807, 2.05) is 30.0 Å². The van der Waals surface area contributed by atoms with Crippen LogP contribution in [0.1, 0.15) is 22.3 Å². The molecule has 2 atom stereocenters. The number of aryl methyl sites for hydroxylation is 1. The van der Waals surface area contributed by atoms with E-state index in [-0.39, 0.29) is 18.3 Å². The van der Waals surface area contributed by atoms with Gasteiger partial charge in [0.1, 0.15) is 0 Å². The molecule has 2 saturated heterocycles. The number of hydrogen-bond donors (Lipinski definition) is 1. The van der Waals surface area contributed by atoms with Crippen molar-refractivity contribution < 1.29 is 4.79 Å². The van der Waals surface area contributed by atoms with Gasteiger partial charge in [-0.1, -0.05) is 11.6 Å². The molecule has 2 unspecified atom stereocenters. The molecule has 4 rings (SSSR count).